The predicted molar refractivity (Wildman–Crippen MR) is 53.5 cm³/mol. The van der Waals surface area contributed by atoms with Crippen LogP contribution in [0.5, 0.6) is 0 Å². The van der Waals surface area contributed by atoms with Gasteiger partial charge < -0.3 is 10.5 Å². The third kappa shape index (κ3) is 6.72. The van der Waals surface area contributed by atoms with Crippen LogP contribution in [-0.4, -0.2) is 25.5 Å². The SMILES string of the molecule is CC(CN)COCCC(=O)C(C)C. The topological polar surface area (TPSA) is 52.3 Å². The molecule has 0 bridgehead atoms. The van der Waals surface area contributed by atoms with Gasteiger partial charge in [0.1, 0.15) is 5.78 Å². The van der Waals surface area contributed by atoms with Crippen LogP contribution in [0.25, 0.3) is 0 Å². The van der Waals surface area contributed by atoms with Crippen molar-refractivity contribution in [3.05, 3.63) is 0 Å². The van der Waals surface area contributed by atoms with Gasteiger partial charge in [0, 0.05) is 12.3 Å². The molecule has 0 saturated carbocycles. The highest BCUT2D eigenvalue weighted by Gasteiger charge is 2.06. The van der Waals surface area contributed by atoms with Gasteiger partial charge in [-0.1, -0.05) is 20.8 Å². The summed E-state index contributed by atoms with van der Waals surface area (Å²) in [6, 6.07) is 0. The van der Waals surface area contributed by atoms with Crippen molar-refractivity contribution in [1.82, 2.24) is 0 Å². The van der Waals surface area contributed by atoms with Crippen LogP contribution in [0.4, 0.5) is 0 Å². The molecule has 0 radical (unpaired) electrons. The van der Waals surface area contributed by atoms with Crippen molar-refractivity contribution in [2.24, 2.45) is 17.6 Å². The summed E-state index contributed by atoms with van der Waals surface area (Å²) in [5.74, 6) is 0.769. The third-order valence-electron chi connectivity index (χ3n) is 1.94. The van der Waals surface area contributed by atoms with Crippen LogP contribution in [-0.2, 0) is 9.53 Å². The fraction of sp³-hybridized carbons (Fsp3) is 0.900. The summed E-state index contributed by atoms with van der Waals surface area (Å²) < 4.78 is 5.31. The summed E-state index contributed by atoms with van der Waals surface area (Å²) in [7, 11) is 0. The van der Waals surface area contributed by atoms with Gasteiger partial charge in [0.15, 0.2) is 0 Å². The molecule has 78 valence electrons. The van der Waals surface area contributed by atoms with E-state index < -0.39 is 0 Å². The number of carbonyl (C=O) groups is 1. The average Bonchev–Trinajstić information content (AvgIpc) is 2.11. The van der Waals surface area contributed by atoms with Gasteiger partial charge in [-0.2, -0.15) is 0 Å². The van der Waals surface area contributed by atoms with Crippen molar-refractivity contribution >= 4 is 5.78 Å². The maximum Gasteiger partial charge on any atom is 0.137 e. The van der Waals surface area contributed by atoms with E-state index >= 15 is 0 Å². The van der Waals surface area contributed by atoms with E-state index in [0.29, 0.717) is 32.1 Å². The second-order valence-electron chi connectivity index (χ2n) is 3.79. The van der Waals surface area contributed by atoms with Gasteiger partial charge in [0.2, 0.25) is 0 Å². The Balaban J connectivity index is 3.31. The van der Waals surface area contributed by atoms with E-state index in [2.05, 4.69) is 0 Å². The lowest BCUT2D eigenvalue weighted by molar-refractivity contribution is -0.123. The highest BCUT2D eigenvalue weighted by molar-refractivity contribution is 5.80. The molecular formula is C10H21NO2. The summed E-state index contributed by atoms with van der Waals surface area (Å²) >= 11 is 0. The molecule has 0 aliphatic heterocycles. The first-order chi connectivity index (χ1) is 6.07. The Morgan fingerprint density at radius 1 is 1.38 bits per heavy atom. The van der Waals surface area contributed by atoms with E-state index in [1.807, 2.05) is 20.8 Å². The number of Topliss-reactive ketones (excluding diaryl/α,β-unsaturated/α-hetero) is 1. The van der Waals surface area contributed by atoms with Crippen LogP contribution in [0.15, 0.2) is 0 Å². The number of ether oxygens (including phenoxy) is 1. The van der Waals surface area contributed by atoms with Crippen molar-refractivity contribution in [1.29, 1.82) is 0 Å². The first-order valence-electron chi connectivity index (χ1n) is 4.88. The number of ketones is 1. The van der Waals surface area contributed by atoms with Gasteiger partial charge in [-0.25, -0.2) is 0 Å². The Hall–Kier alpha value is -0.410. The van der Waals surface area contributed by atoms with Gasteiger partial charge in [-0.15, -0.1) is 0 Å². The molecule has 0 saturated heterocycles. The molecule has 0 aliphatic rings. The Morgan fingerprint density at radius 2 is 2.00 bits per heavy atom. The fourth-order valence-corrected chi connectivity index (χ4v) is 0.814. The molecule has 3 nitrogen and oxygen atoms in total. The van der Waals surface area contributed by atoms with E-state index in [1.54, 1.807) is 0 Å². The minimum Gasteiger partial charge on any atom is -0.381 e. The Bertz CT molecular complexity index is 146. The Labute approximate surface area is 80.6 Å². The monoisotopic (exact) mass is 187 g/mol. The zero-order valence-corrected chi connectivity index (χ0v) is 8.88. The van der Waals surface area contributed by atoms with Crippen molar-refractivity contribution < 1.29 is 9.53 Å². The zero-order chi connectivity index (χ0) is 10.3. The molecule has 0 fully saturated rings. The fourth-order valence-electron chi connectivity index (χ4n) is 0.814. The lowest BCUT2D eigenvalue weighted by Crippen LogP contribution is -2.18. The molecule has 0 rings (SSSR count). The van der Waals surface area contributed by atoms with Crippen molar-refractivity contribution in [3.8, 4) is 0 Å². The van der Waals surface area contributed by atoms with Crippen LogP contribution in [0.1, 0.15) is 27.2 Å². The van der Waals surface area contributed by atoms with Crippen LogP contribution in [0.2, 0.25) is 0 Å². The number of carbonyl (C=O) groups excluding carboxylic acids is 1. The van der Waals surface area contributed by atoms with Crippen molar-refractivity contribution in [2.45, 2.75) is 27.2 Å². The summed E-state index contributed by atoms with van der Waals surface area (Å²) in [5.41, 5.74) is 5.42. The second-order valence-corrected chi connectivity index (χ2v) is 3.79. The molecule has 0 spiro atoms. The standard InChI is InChI=1S/C10H21NO2/c1-8(2)10(12)4-5-13-7-9(3)6-11/h8-9H,4-7,11H2,1-3H3. The number of hydrogen-bond acceptors (Lipinski definition) is 3. The summed E-state index contributed by atoms with van der Waals surface area (Å²) in [6.45, 7) is 7.67. The molecule has 3 heteroatoms. The van der Waals surface area contributed by atoms with Crippen LogP contribution in [0, 0.1) is 11.8 Å². The van der Waals surface area contributed by atoms with Gasteiger partial charge in [0.25, 0.3) is 0 Å². The largest absolute Gasteiger partial charge is 0.381 e. The third-order valence-corrected chi connectivity index (χ3v) is 1.94. The minimum absolute atomic E-state index is 0.121. The van der Waals surface area contributed by atoms with Crippen molar-refractivity contribution in [3.63, 3.8) is 0 Å². The predicted octanol–water partition coefficient (Wildman–Crippen LogP) is 1.21. The number of hydrogen-bond donors (Lipinski definition) is 1. The lowest BCUT2D eigenvalue weighted by Gasteiger charge is -2.09. The summed E-state index contributed by atoms with van der Waals surface area (Å²) in [4.78, 5) is 11.2. The first-order valence-corrected chi connectivity index (χ1v) is 4.88. The van der Waals surface area contributed by atoms with E-state index in [0.717, 1.165) is 0 Å². The molecular weight excluding hydrogens is 166 g/mol. The smallest absolute Gasteiger partial charge is 0.137 e. The molecule has 2 N–H and O–H groups in total. The molecule has 0 aliphatic carbocycles. The van der Waals surface area contributed by atoms with E-state index in [-0.39, 0.29) is 11.7 Å². The van der Waals surface area contributed by atoms with Gasteiger partial charge >= 0.3 is 0 Å². The molecule has 0 aromatic heterocycles. The van der Waals surface area contributed by atoms with Crippen LogP contribution >= 0.6 is 0 Å². The molecule has 0 amide bonds. The van der Waals surface area contributed by atoms with Crippen LogP contribution < -0.4 is 5.73 Å². The highest BCUT2D eigenvalue weighted by Crippen LogP contribution is 2.00. The Morgan fingerprint density at radius 3 is 2.46 bits per heavy atom. The highest BCUT2D eigenvalue weighted by atomic mass is 16.5. The molecule has 1 unspecified atom stereocenters. The average molecular weight is 187 g/mol. The normalized spacial score (nSPS) is 13.3. The maximum atomic E-state index is 11.2. The molecule has 0 heterocycles. The van der Waals surface area contributed by atoms with E-state index in [4.69, 9.17) is 10.5 Å². The second kappa shape index (κ2) is 7.04. The maximum absolute atomic E-state index is 11.2. The quantitative estimate of drug-likeness (QED) is 0.609. The summed E-state index contributed by atoms with van der Waals surface area (Å²) in [6.07, 6.45) is 0.523. The summed E-state index contributed by atoms with van der Waals surface area (Å²) in [5, 5.41) is 0. The Kier molecular flexibility index (Phi) is 6.82. The lowest BCUT2D eigenvalue weighted by atomic mass is 10.1. The van der Waals surface area contributed by atoms with Gasteiger partial charge in [-0.3, -0.25) is 4.79 Å². The van der Waals surface area contributed by atoms with Crippen LogP contribution in [0.3, 0.4) is 0 Å². The minimum atomic E-state index is 0.121. The van der Waals surface area contributed by atoms with Gasteiger partial charge in [0.05, 0.1) is 13.2 Å². The van der Waals surface area contributed by atoms with E-state index in [9.17, 15) is 4.79 Å². The van der Waals surface area contributed by atoms with Crippen molar-refractivity contribution in [2.75, 3.05) is 19.8 Å². The number of rotatable bonds is 7. The molecule has 1 atom stereocenters. The van der Waals surface area contributed by atoms with E-state index in [1.165, 1.54) is 0 Å². The zero-order valence-electron chi connectivity index (χ0n) is 8.88. The molecule has 0 aromatic carbocycles. The molecule has 13 heavy (non-hydrogen) atoms. The van der Waals surface area contributed by atoms with Gasteiger partial charge in [-0.05, 0) is 12.5 Å². The number of nitrogens with two attached hydrogens (primary N) is 1. The molecule has 0 aromatic rings. The first kappa shape index (κ1) is 12.6.